The smallest absolute Gasteiger partial charge is 0.384 e. The summed E-state index contributed by atoms with van der Waals surface area (Å²) in [5.41, 5.74) is 0.0759. The van der Waals surface area contributed by atoms with E-state index >= 15 is 0 Å². The van der Waals surface area contributed by atoms with Gasteiger partial charge in [0.2, 0.25) is 0 Å². The molecule has 3 heterocycles. The quantitative estimate of drug-likeness (QED) is 0.642. The summed E-state index contributed by atoms with van der Waals surface area (Å²) in [6, 6.07) is 7.23. The SMILES string of the molecule is CS(=O)(=O)[N+]#CC1CN(C2=NOC(c3ncc(Cl)cc3-c3c(F)cccc3F)C2)C[C@@H]1F. The predicted molar refractivity (Wildman–Crippen MR) is 113 cm³/mol. The van der Waals surface area contributed by atoms with Crippen LogP contribution >= 0.6 is 11.6 Å². The van der Waals surface area contributed by atoms with Crippen LogP contribution in [-0.4, -0.2) is 49.7 Å². The Kier molecular flexibility index (Phi) is 6.01. The molecule has 2 unspecified atom stereocenters. The number of nitrogens with zero attached hydrogens (tertiary/aromatic N) is 4. The van der Waals surface area contributed by atoms with Gasteiger partial charge in [-0.25, -0.2) is 13.2 Å². The van der Waals surface area contributed by atoms with Gasteiger partial charge in [-0.3, -0.25) is 4.98 Å². The number of benzene rings is 1. The highest BCUT2D eigenvalue weighted by Gasteiger charge is 2.40. The van der Waals surface area contributed by atoms with Gasteiger partial charge in [0.1, 0.15) is 35.8 Å². The molecule has 0 bridgehead atoms. The molecule has 0 spiro atoms. The van der Waals surface area contributed by atoms with E-state index in [0.29, 0.717) is 5.84 Å². The van der Waals surface area contributed by atoms with Crippen molar-refractivity contribution in [3.05, 3.63) is 57.1 Å². The molecule has 1 aromatic carbocycles. The number of amidine groups is 1. The first-order valence-corrected chi connectivity index (χ1v) is 11.7. The lowest BCUT2D eigenvalue weighted by molar-refractivity contribution is 0.0828. The minimum Gasteiger partial charge on any atom is -0.384 e. The summed E-state index contributed by atoms with van der Waals surface area (Å²) in [5.74, 6) is -2.00. The molecule has 7 nitrogen and oxygen atoms in total. The number of hydrogen-bond acceptors (Lipinski definition) is 6. The summed E-state index contributed by atoms with van der Waals surface area (Å²) >= 11 is 6.02. The molecule has 0 radical (unpaired) electrons. The molecule has 12 heteroatoms. The third-order valence-corrected chi connectivity index (χ3v) is 5.72. The average molecular weight is 486 g/mol. The van der Waals surface area contributed by atoms with E-state index in [-0.39, 0.29) is 41.4 Å². The van der Waals surface area contributed by atoms with Gasteiger partial charge in [-0.1, -0.05) is 22.8 Å². The Morgan fingerprint density at radius 2 is 2.00 bits per heavy atom. The molecule has 0 amide bonds. The maximum absolute atomic E-state index is 14.4. The summed E-state index contributed by atoms with van der Waals surface area (Å²) in [6.45, 7) is 0.0622. The highest BCUT2D eigenvalue weighted by atomic mass is 35.5. The van der Waals surface area contributed by atoms with Crippen LogP contribution in [0.25, 0.3) is 15.4 Å². The summed E-state index contributed by atoms with van der Waals surface area (Å²) in [7, 11) is -3.66. The summed E-state index contributed by atoms with van der Waals surface area (Å²) < 4.78 is 68.8. The molecule has 3 atom stereocenters. The van der Waals surface area contributed by atoms with E-state index in [2.05, 4.69) is 20.5 Å². The van der Waals surface area contributed by atoms with Gasteiger partial charge < -0.3 is 9.74 Å². The fourth-order valence-corrected chi connectivity index (χ4v) is 4.10. The number of hydrogen-bond donors (Lipinski definition) is 0. The largest absolute Gasteiger partial charge is 0.476 e. The molecule has 1 saturated heterocycles. The van der Waals surface area contributed by atoms with E-state index < -0.39 is 39.9 Å². The van der Waals surface area contributed by atoms with Crippen molar-refractivity contribution in [1.82, 2.24) is 9.88 Å². The van der Waals surface area contributed by atoms with Crippen LogP contribution in [0.2, 0.25) is 5.02 Å². The minimum absolute atomic E-state index is 0.0469. The van der Waals surface area contributed by atoms with Crippen molar-refractivity contribution in [2.45, 2.75) is 18.7 Å². The van der Waals surface area contributed by atoms with Crippen molar-refractivity contribution in [2.24, 2.45) is 11.1 Å². The molecule has 1 aromatic heterocycles. The van der Waals surface area contributed by atoms with Crippen LogP contribution in [0.5, 0.6) is 0 Å². The first-order chi connectivity index (χ1) is 15.1. The molecule has 168 valence electrons. The Hall–Kier alpha value is -2.84. The maximum atomic E-state index is 14.4. The second-order valence-corrected chi connectivity index (χ2v) is 9.55. The van der Waals surface area contributed by atoms with Gasteiger partial charge in [-0.2, -0.15) is 0 Å². The summed E-state index contributed by atoms with van der Waals surface area (Å²) in [5, 5.41) is 4.18. The number of halogens is 4. The van der Waals surface area contributed by atoms with E-state index in [1.807, 2.05) is 0 Å². The van der Waals surface area contributed by atoms with Crippen LogP contribution in [0.15, 0.2) is 35.6 Å². The Bertz CT molecular complexity index is 1240. The third-order valence-electron chi connectivity index (χ3n) is 5.07. The predicted octanol–water partition coefficient (Wildman–Crippen LogP) is 4.02. The fraction of sp³-hybridized carbons (Fsp3) is 0.350. The molecule has 4 rings (SSSR count). The zero-order chi connectivity index (χ0) is 23.0. The van der Waals surface area contributed by atoms with Gasteiger partial charge in [0.25, 0.3) is 0 Å². The first kappa shape index (κ1) is 22.4. The van der Waals surface area contributed by atoms with Gasteiger partial charge >= 0.3 is 16.1 Å². The van der Waals surface area contributed by atoms with Gasteiger partial charge in [-0.15, -0.1) is 8.42 Å². The van der Waals surface area contributed by atoms with Crippen LogP contribution in [0.1, 0.15) is 18.2 Å². The molecule has 2 aliphatic rings. The molecule has 0 saturated carbocycles. The molecule has 2 aromatic rings. The van der Waals surface area contributed by atoms with Gasteiger partial charge in [-0.05, 0) is 18.2 Å². The average Bonchev–Trinajstić information content (AvgIpc) is 3.33. The molecular weight excluding hydrogens is 469 g/mol. The van der Waals surface area contributed by atoms with Gasteiger partial charge in [0.05, 0.1) is 33.5 Å². The lowest BCUT2D eigenvalue weighted by Crippen LogP contribution is -2.28. The molecular formula is C20H17ClF3N4O3S+. The van der Waals surface area contributed by atoms with Crippen molar-refractivity contribution in [3.63, 3.8) is 0 Å². The Morgan fingerprint density at radius 1 is 1.28 bits per heavy atom. The Morgan fingerprint density at radius 3 is 2.69 bits per heavy atom. The standard InChI is InChI=1S/C20H17ClF3N4O3S/c1-32(29,30)26-7-11-9-28(10-16(11)24)18-6-17(31-27-18)20-13(5-12(21)8-25-20)19-14(22)3-2-4-15(19)23/h2-5,8,11,16-17H,6,9-10H2,1H3/q+1/t11?,16-,17?/m0/s1. The highest BCUT2D eigenvalue weighted by molar-refractivity contribution is 7.92. The van der Waals surface area contributed by atoms with E-state index in [9.17, 15) is 21.6 Å². The van der Waals surface area contributed by atoms with Crippen LogP contribution in [-0.2, 0) is 14.9 Å². The monoisotopic (exact) mass is 485 g/mol. The lowest BCUT2D eigenvalue weighted by Gasteiger charge is -2.17. The fourth-order valence-electron chi connectivity index (χ4n) is 3.62. The van der Waals surface area contributed by atoms with Crippen molar-refractivity contribution in [1.29, 1.82) is 0 Å². The minimum atomic E-state index is -3.66. The number of alkyl halides is 1. The number of likely N-dealkylation sites (tertiary alicyclic amines) is 1. The number of aromatic nitrogens is 1. The number of rotatable bonds is 2. The van der Waals surface area contributed by atoms with E-state index in [4.69, 9.17) is 16.4 Å². The molecule has 0 N–H and O–H groups in total. The third kappa shape index (κ3) is 4.66. The number of sulfonamides is 1. The summed E-state index contributed by atoms with van der Waals surface area (Å²) in [6.07, 6.45) is 0.233. The molecule has 32 heavy (non-hydrogen) atoms. The van der Waals surface area contributed by atoms with Crippen molar-refractivity contribution >= 4 is 27.5 Å². The van der Waals surface area contributed by atoms with E-state index in [1.54, 1.807) is 4.90 Å². The number of pyridine rings is 1. The van der Waals surface area contributed by atoms with E-state index in [0.717, 1.165) is 18.4 Å². The lowest BCUT2D eigenvalue weighted by atomic mass is 9.98. The maximum Gasteiger partial charge on any atom is 0.476 e. The van der Waals surface area contributed by atoms with E-state index in [1.165, 1.54) is 18.3 Å². The first-order valence-electron chi connectivity index (χ1n) is 9.51. The topological polar surface area (TPSA) is 76.2 Å². The summed E-state index contributed by atoms with van der Waals surface area (Å²) in [4.78, 5) is 11.3. The zero-order valence-electron chi connectivity index (χ0n) is 16.7. The van der Waals surface area contributed by atoms with Crippen molar-refractivity contribution in [2.75, 3.05) is 19.3 Å². The van der Waals surface area contributed by atoms with Crippen LogP contribution in [0, 0.1) is 23.6 Å². The normalized spacial score (nSPS) is 22.8. The second-order valence-electron chi connectivity index (χ2n) is 7.47. The van der Waals surface area contributed by atoms with Crippen LogP contribution in [0.3, 0.4) is 0 Å². The molecule has 2 aliphatic heterocycles. The van der Waals surface area contributed by atoms with Gasteiger partial charge in [0, 0.05) is 18.3 Å². The highest BCUT2D eigenvalue weighted by Crippen LogP contribution is 2.38. The number of oxime groups is 1. The molecule has 1 fully saturated rings. The van der Waals surface area contributed by atoms with Crippen molar-refractivity contribution in [3.8, 4) is 17.2 Å². The Labute approximate surface area is 187 Å². The second kappa shape index (κ2) is 8.60. The Balaban J connectivity index is 1.56. The molecule has 0 aliphatic carbocycles. The van der Waals surface area contributed by atoms with Crippen molar-refractivity contribution < 1.29 is 26.4 Å². The van der Waals surface area contributed by atoms with Crippen LogP contribution in [0.4, 0.5) is 13.2 Å². The van der Waals surface area contributed by atoms with Crippen LogP contribution < -0.4 is 0 Å². The van der Waals surface area contributed by atoms with Gasteiger partial charge in [0.15, 0.2) is 6.10 Å². The zero-order valence-corrected chi connectivity index (χ0v) is 18.2.